The first-order valence-electron chi connectivity index (χ1n) is 12.4. The number of ketones is 1. The van der Waals surface area contributed by atoms with Crippen molar-refractivity contribution in [2.45, 2.75) is 39.3 Å². The molecule has 1 saturated heterocycles. The lowest BCUT2D eigenvalue weighted by Crippen LogP contribution is -2.53. The zero-order valence-electron chi connectivity index (χ0n) is 21.9. The third-order valence-corrected chi connectivity index (χ3v) is 7.23. The monoisotopic (exact) mass is 542 g/mol. The molecule has 5 rings (SSSR count). The van der Waals surface area contributed by atoms with Crippen LogP contribution in [0.5, 0.6) is 0 Å². The molecule has 0 bridgehead atoms. The molecule has 1 unspecified atom stereocenters. The van der Waals surface area contributed by atoms with E-state index in [9.17, 15) is 19.2 Å². The predicted octanol–water partition coefficient (Wildman–Crippen LogP) is 5.42. The topological polar surface area (TPSA) is 101 Å². The summed E-state index contributed by atoms with van der Waals surface area (Å²) in [6, 6.07) is 19.3. The number of fused-ring (bicyclic) bond motifs is 1. The summed E-state index contributed by atoms with van der Waals surface area (Å²) in [6.07, 6.45) is 0. The Morgan fingerprint density at radius 3 is 2.28 bits per heavy atom. The number of aromatic nitrogens is 1. The van der Waals surface area contributed by atoms with E-state index in [2.05, 4.69) is 10.6 Å². The van der Waals surface area contributed by atoms with Crippen molar-refractivity contribution in [2.24, 2.45) is 0 Å². The highest BCUT2D eigenvalue weighted by atomic mass is 35.5. The molecule has 0 aliphatic carbocycles. The number of hydrogen-bond acceptors (Lipinski definition) is 4. The van der Waals surface area contributed by atoms with E-state index in [0.29, 0.717) is 11.1 Å². The van der Waals surface area contributed by atoms with Gasteiger partial charge >= 0.3 is 6.03 Å². The lowest BCUT2D eigenvalue weighted by atomic mass is 9.97. The standard InChI is InChI=1S/C30H27ClN4O4/c1-17-14-15-21(31)22(16-17)32-27(37)25(35-28(38)30(3,4)33-29(35)39)26(36)24-18(2)34(19-10-6-5-7-11-19)23-13-9-8-12-20(23)24/h5-16,25H,1-4H3,(H,32,37)(H,33,39). The molecule has 1 fully saturated rings. The number of aryl methyl sites for hydroxylation is 1. The quantitative estimate of drug-likeness (QED) is 0.193. The van der Waals surface area contributed by atoms with Crippen LogP contribution in [0.15, 0.2) is 72.8 Å². The number of imide groups is 1. The Morgan fingerprint density at radius 1 is 0.949 bits per heavy atom. The maximum absolute atomic E-state index is 14.4. The van der Waals surface area contributed by atoms with Crippen molar-refractivity contribution in [1.29, 1.82) is 0 Å². The highest BCUT2D eigenvalue weighted by molar-refractivity contribution is 6.34. The first-order chi connectivity index (χ1) is 18.5. The Bertz CT molecular complexity index is 1660. The average molecular weight is 543 g/mol. The number of carbonyl (C=O) groups is 4. The lowest BCUT2D eigenvalue weighted by molar-refractivity contribution is -0.134. The van der Waals surface area contributed by atoms with E-state index in [1.54, 1.807) is 37.3 Å². The molecule has 9 heteroatoms. The molecule has 2 N–H and O–H groups in total. The van der Waals surface area contributed by atoms with E-state index in [-0.39, 0.29) is 16.3 Å². The van der Waals surface area contributed by atoms with Gasteiger partial charge in [-0.05, 0) is 63.6 Å². The van der Waals surface area contributed by atoms with Gasteiger partial charge in [-0.3, -0.25) is 14.4 Å². The number of halogens is 1. The maximum Gasteiger partial charge on any atom is 0.326 e. The minimum Gasteiger partial charge on any atom is -0.324 e. The summed E-state index contributed by atoms with van der Waals surface area (Å²) in [7, 11) is 0. The summed E-state index contributed by atoms with van der Waals surface area (Å²) in [5, 5.41) is 6.11. The third kappa shape index (κ3) is 4.46. The largest absolute Gasteiger partial charge is 0.326 e. The van der Waals surface area contributed by atoms with Gasteiger partial charge in [0.05, 0.1) is 16.2 Å². The third-order valence-electron chi connectivity index (χ3n) is 6.90. The van der Waals surface area contributed by atoms with Crippen LogP contribution in [-0.2, 0) is 9.59 Å². The first kappa shape index (κ1) is 26.2. The normalized spacial score (nSPS) is 15.4. The van der Waals surface area contributed by atoms with Crippen molar-refractivity contribution in [3.05, 3.63) is 94.6 Å². The molecule has 198 valence electrons. The number of urea groups is 1. The van der Waals surface area contributed by atoms with E-state index >= 15 is 0 Å². The van der Waals surface area contributed by atoms with Crippen molar-refractivity contribution in [3.63, 3.8) is 0 Å². The molecule has 3 aromatic carbocycles. The van der Waals surface area contributed by atoms with Gasteiger partial charge < -0.3 is 15.2 Å². The molecule has 8 nitrogen and oxygen atoms in total. The Morgan fingerprint density at radius 2 is 1.62 bits per heavy atom. The van der Waals surface area contributed by atoms with Gasteiger partial charge in [-0.15, -0.1) is 0 Å². The van der Waals surface area contributed by atoms with Crippen LogP contribution in [0.25, 0.3) is 16.6 Å². The van der Waals surface area contributed by atoms with Crippen LogP contribution >= 0.6 is 11.6 Å². The minimum atomic E-state index is -1.77. The maximum atomic E-state index is 14.4. The Labute approximate surface area is 230 Å². The molecular weight excluding hydrogens is 516 g/mol. The smallest absolute Gasteiger partial charge is 0.324 e. The van der Waals surface area contributed by atoms with Crippen LogP contribution in [0.4, 0.5) is 10.5 Å². The van der Waals surface area contributed by atoms with E-state index in [1.165, 1.54) is 13.8 Å². The van der Waals surface area contributed by atoms with Crippen molar-refractivity contribution in [2.75, 3.05) is 5.32 Å². The zero-order valence-corrected chi connectivity index (χ0v) is 22.7. The second-order valence-corrected chi connectivity index (χ2v) is 10.5. The predicted molar refractivity (Wildman–Crippen MR) is 150 cm³/mol. The van der Waals surface area contributed by atoms with Crippen molar-refractivity contribution >= 4 is 51.8 Å². The highest BCUT2D eigenvalue weighted by Crippen LogP contribution is 2.33. The number of nitrogens with zero attached hydrogens (tertiary/aromatic N) is 2. The Hall–Kier alpha value is -4.43. The highest BCUT2D eigenvalue weighted by Gasteiger charge is 2.52. The molecular formula is C30H27ClN4O4. The van der Waals surface area contributed by atoms with Gasteiger partial charge in [0.1, 0.15) is 5.54 Å². The number of rotatable bonds is 6. The van der Waals surface area contributed by atoms with E-state index < -0.39 is 35.2 Å². The fourth-order valence-corrected chi connectivity index (χ4v) is 5.19. The van der Waals surface area contributed by atoms with Crippen LogP contribution in [0.1, 0.15) is 35.5 Å². The van der Waals surface area contributed by atoms with E-state index in [0.717, 1.165) is 21.7 Å². The van der Waals surface area contributed by atoms with Crippen molar-refractivity contribution in [1.82, 2.24) is 14.8 Å². The fourth-order valence-electron chi connectivity index (χ4n) is 5.02. The summed E-state index contributed by atoms with van der Waals surface area (Å²) in [5.41, 5.74) is 2.21. The number of hydrogen-bond donors (Lipinski definition) is 2. The Balaban J connectivity index is 1.68. The molecule has 1 atom stereocenters. The molecule has 4 aromatic rings. The number of amides is 4. The summed E-state index contributed by atoms with van der Waals surface area (Å²) in [4.78, 5) is 55.4. The van der Waals surface area contributed by atoms with E-state index in [4.69, 9.17) is 11.6 Å². The summed E-state index contributed by atoms with van der Waals surface area (Å²) in [5.74, 6) is -2.20. The number of benzene rings is 3. The molecule has 39 heavy (non-hydrogen) atoms. The molecule has 1 aromatic heterocycles. The van der Waals surface area contributed by atoms with Crippen molar-refractivity contribution in [3.8, 4) is 5.69 Å². The van der Waals surface area contributed by atoms with Gasteiger partial charge in [0.2, 0.25) is 0 Å². The second-order valence-electron chi connectivity index (χ2n) is 10.1. The second kappa shape index (κ2) is 9.71. The molecule has 2 heterocycles. The van der Waals surface area contributed by atoms with Gasteiger partial charge in [-0.25, -0.2) is 9.69 Å². The number of carbonyl (C=O) groups excluding carboxylic acids is 4. The molecule has 1 aliphatic heterocycles. The van der Waals surface area contributed by atoms with Gasteiger partial charge in [-0.1, -0.05) is 54.1 Å². The Kier molecular flexibility index (Phi) is 6.52. The lowest BCUT2D eigenvalue weighted by Gasteiger charge is -2.25. The number of anilines is 1. The van der Waals surface area contributed by atoms with Crippen LogP contribution < -0.4 is 10.6 Å². The van der Waals surface area contributed by atoms with Gasteiger partial charge in [0.25, 0.3) is 11.8 Å². The number of para-hydroxylation sites is 2. The average Bonchev–Trinajstić information content (AvgIpc) is 3.30. The van der Waals surface area contributed by atoms with Gasteiger partial charge in [0, 0.05) is 22.3 Å². The molecule has 0 radical (unpaired) electrons. The summed E-state index contributed by atoms with van der Waals surface area (Å²) in [6.45, 7) is 6.66. The molecule has 4 amide bonds. The van der Waals surface area contributed by atoms with Crippen molar-refractivity contribution < 1.29 is 19.2 Å². The van der Waals surface area contributed by atoms with Crippen LogP contribution in [0.2, 0.25) is 5.02 Å². The van der Waals surface area contributed by atoms with E-state index in [1.807, 2.05) is 54.0 Å². The summed E-state index contributed by atoms with van der Waals surface area (Å²) < 4.78 is 1.92. The van der Waals surface area contributed by atoms with Gasteiger partial charge in [-0.2, -0.15) is 0 Å². The SMILES string of the molecule is Cc1ccc(Cl)c(NC(=O)C(C(=O)c2c(C)n(-c3ccccc3)c3ccccc23)N2C(=O)NC(C)(C)C2=O)c1. The van der Waals surface area contributed by atoms with Crippen LogP contribution in [-0.4, -0.2) is 44.7 Å². The number of nitrogens with one attached hydrogen (secondary N) is 2. The first-order valence-corrected chi connectivity index (χ1v) is 12.8. The minimum absolute atomic E-state index is 0.246. The summed E-state index contributed by atoms with van der Waals surface area (Å²) >= 11 is 6.32. The molecule has 0 saturated carbocycles. The number of Topliss-reactive ketones (excluding diaryl/α,β-unsaturated/α-hetero) is 1. The fraction of sp³-hybridized carbons (Fsp3) is 0.200. The zero-order chi connectivity index (χ0) is 28.1. The van der Waals surface area contributed by atoms with Gasteiger partial charge in [0.15, 0.2) is 11.8 Å². The van der Waals surface area contributed by atoms with Crippen LogP contribution in [0, 0.1) is 13.8 Å². The molecule has 0 spiro atoms. The molecule has 1 aliphatic rings. The van der Waals surface area contributed by atoms with Crippen LogP contribution in [0.3, 0.4) is 0 Å².